The molecule has 1 aromatic heterocycles. The highest BCUT2D eigenvalue weighted by Crippen LogP contribution is 2.34. The fraction of sp³-hybridized carbons (Fsp3) is 0.455. The van der Waals surface area contributed by atoms with Crippen LogP contribution in [0.2, 0.25) is 0 Å². The van der Waals surface area contributed by atoms with Crippen molar-refractivity contribution in [3.8, 4) is 0 Å². The molecule has 0 spiro atoms. The van der Waals surface area contributed by atoms with E-state index in [9.17, 15) is 26.4 Å². The third-order valence-electron chi connectivity index (χ3n) is 5.79. The van der Waals surface area contributed by atoms with Crippen LogP contribution in [-0.4, -0.2) is 59.0 Å². The highest BCUT2D eigenvalue weighted by molar-refractivity contribution is 7.93. The van der Waals surface area contributed by atoms with Crippen LogP contribution in [0.15, 0.2) is 34.1 Å². The first-order valence-corrected chi connectivity index (χ1v) is 14.9. The molecule has 0 radical (unpaired) electrons. The summed E-state index contributed by atoms with van der Waals surface area (Å²) in [4.78, 5) is 25.7. The summed E-state index contributed by atoms with van der Waals surface area (Å²) in [5.41, 5.74) is 1.10. The smallest absolute Gasteiger partial charge is 0.341 e. The summed E-state index contributed by atoms with van der Waals surface area (Å²) in [6.45, 7) is 5.73. The number of sulfone groups is 1. The van der Waals surface area contributed by atoms with Gasteiger partial charge in [0.1, 0.15) is 9.90 Å². The number of aryl methyl sites for hydroxylation is 1. The second-order valence-electron chi connectivity index (χ2n) is 8.09. The lowest BCUT2D eigenvalue weighted by Crippen LogP contribution is -2.41. The molecule has 2 aromatic rings. The number of carbonyl (C=O) groups excluding carboxylic acids is 2. The van der Waals surface area contributed by atoms with Crippen LogP contribution in [0.1, 0.15) is 40.6 Å². The van der Waals surface area contributed by atoms with Crippen molar-refractivity contribution in [3.63, 3.8) is 0 Å². The van der Waals surface area contributed by atoms with Crippen molar-refractivity contribution in [2.24, 2.45) is 5.92 Å². The maximum atomic E-state index is 13.2. The van der Waals surface area contributed by atoms with E-state index >= 15 is 0 Å². The van der Waals surface area contributed by atoms with Gasteiger partial charge >= 0.3 is 5.97 Å². The van der Waals surface area contributed by atoms with Crippen molar-refractivity contribution in [1.82, 2.24) is 4.31 Å². The predicted octanol–water partition coefficient (Wildman–Crippen LogP) is 2.98. The number of benzene rings is 1. The van der Waals surface area contributed by atoms with Crippen molar-refractivity contribution in [3.05, 3.63) is 40.3 Å². The summed E-state index contributed by atoms with van der Waals surface area (Å²) in [5, 5.41) is 3.25. The first kappa shape index (κ1) is 26.3. The number of thiophene rings is 1. The van der Waals surface area contributed by atoms with E-state index < -0.39 is 31.7 Å². The average Bonchev–Trinajstić information content (AvgIpc) is 3.06. The third-order valence-corrected chi connectivity index (χ3v) is 10.2. The first-order chi connectivity index (χ1) is 15.9. The molecule has 0 bridgehead atoms. The number of hydrogen-bond acceptors (Lipinski definition) is 8. The summed E-state index contributed by atoms with van der Waals surface area (Å²) in [5.74, 6) is -1.24. The van der Waals surface area contributed by atoms with Gasteiger partial charge in [0.15, 0.2) is 9.84 Å². The Morgan fingerprint density at radius 3 is 2.24 bits per heavy atom. The zero-order valence-corrected chi connectivity index (χ0v) is 21.9. The largest absolute Gasteiger partial charge is 0.462 e. The average molecular weight is 529 g/mol. The fourth-order valence-corrected chi connectivity index (χ4v) is 7.97. The number of piperidine rings is 1. The molecule has 1 aliphatic rings. The number of carbonyl (C=O) groups is 2. The van der Waals surface area contributed by atoms with Crippen LogP contribution in [-0.2, 0) is 29.4 Å². The van der Waals surface area contributed by atoms with E-state index in [1.807, 2.05) is 6.92 Å². The number of sulfonamides is 1. The molecule has 1 amide bonds. The van der Waals surface area contributed by atoms with Crippen molar-refractivity contribution in [2.75, 3.05) is 31.3 Å². The number of amides is 1. The minimum atomic E-state index is -4.05. The summed E-state index contributed by atoms with van der Waals surface area (Å²) < 4.78 is 56.8. The van der Waals surface area contributed by atoms with Crippen molar-refractivity contribution < 1.29 is 31.2 Å². The second kappa shape index (κ2) is 10.1. The first-order valence-electron chi connectivity index (χ1n) is 10.7. The molecule has 3 rings (SSSR count). The molecular formula is C22H28N2O7S3. The molecule has 12 heteroatoms. The van der Waals surface area contributed by atoms with Crippen molar-refractivity contribution in [1.29, 1.82) is 0 Å². The summed E-state index contributed by atoms with van der Waals surface area (Å²) >= 11 is 1.30. The number of ether oxygens (including phenoxy) is 1. The van der Waals surface area contributed by atoms with Gasteiger partial charge in [0, 0.05) is 30.1 Å². The number of nitrogens with zero attached hydrogens (tertiary/aromatic N) is 1. The molecule has 186 valence electrons. The van der Waals surface area contributed by atoms with Gasteiger partial charge in [-0.3, -0.25) is 4.79 Å². The van der Waals surface area contributed by atoms with Crippen molar-refractivity contribution >= 4 is 48.1 Å². The number of nitrogens with one attached hydrogen (secondary N) is 1. The van der Waals surface area contributed by atoms with Gasteiger partial charge in [-0.1, -0.05) is 12.1 Å². The van der Waals surface area contributed by atoms with E-state index in [4.69, 9.17) is 4.74 Å². The standard InChI is InChI=1S/C22H28N2O7S3/c1-5-31-22(26)19-14(2)15(3)32-21(19)23-20(25)16-10-12-24(13-11-16)34(29,30)18-9-7-6-8-17(18)33(4,27)28/h6-9,16H,5,10-13H2,1-4H3,(H,23,25). The lowest BCUT2D eigenvalue weighted by molar-refractivity contribution is -0.120. The monoisotopic (exact) mass is 528 g/mol. The van der Waals surface area contributed by atoms with Crippen LogP contribution in [0.25, 0.3) is 0 Å². The van der Waals surface area contributed by atoms with Crippen LogP contribution < -0.4 is 5.32 Å². The fourth-order valence-electron chi connectivity index (χ4n) is 3.85. The maximum absolute atomic E-state index is 13.2. The van der Waals surface area contributed by atoms with Crippen LogP contribution in [0.5, 0.6) is 0 Å². The van der Waals surface area contributed by atoms with Gasteiger partial charge in [-0.25, -0.2) is 21.6 Å². The quantitative estimate of drug-likeness (QED) is 0.547. The van der Waals surface area contributed by atoms with Gasteiger partial charge in [0.2, 0.25) is 15.9 Å². The van der Waals surface area contributed by atoms with Gasteiger partial charge < -0.3 is 10.1 Å². The number of esters is 1. The Labute approximate surface area is 204 Å². The summed E-state index contributed by atoms with van der Waals surface area (Å²) in [6.07, 6.45) is 1.50. The molecule has 0 unspecified atom stereocenters. The second-order valence-corrected chi connectivity index (χ2v) is 13.2. The molecular weight excluding hydrogens is 500 g/mol. The lowest BCUT2D eigenvalue weighted by Gasteiger charge is -2.30. The van der Waals surface area contributed by atoms with Crippen LogP contribution in [0, 0.1) is 19.8 Å². The van der Waals surface area contributed by atoms with Gasteiger partial charge in [-0.15, -0.1) is 11.3 Å². The molecule has 0 aliphatic carbocycles. The molecule has 34 heavy (non-hydrogen) atoms. The molecule has 1 aromatic carbocycles. The molecule has 1 fully saturated rings. The Hall–Kier alpha value is -2.28. The van der Waals surface area contributed by atoms with E-state index in [1.54, 1.807) is 13.8 Å². The van der Waals surface area contributed by atoms with Crippen LogP contribution in [0.3, 0.4) is 0 Å². The third kappa shape index (κ3) is 5.35. The van der Waals surface area contributed by atoms with Crippen LogP contribution >= 0.6 is 11.3 Å². The maximum Gasteiger partial charge on any atom is 0.341 e. The molecule has 1 saturated heterocycles. The molecule has 2 heterocycles. The highest BCUT2D eigenvalue weighted by Gasteiger charge is 2.35. The Morgan fingerprint density at radius 1 is 1.09 bits per heavy atom. The van der Waals surface area contributed by atoms with E-state index in [0.29, 0.717) is 10.6 Å². The Morgan fingerprint density at radius 2 is 1.68 bits per heavy atom. The minimum Gasteiger partial charge on any atom is -0.462 e. The van der Waals surface area contributed by atoms with E-state index in [0.717, 1.165) is 16.7 Å². The number of rotatable bonds is 7. The SMILES string of the molecule is CCOC(=O)c1c(NC(=O)C2CCN(S(=O)(=O)c3ccccc3S(C)(=O)=O)CC2)sc(C)c1C. The van der Waals surface area contributed by atoms with E-state index in [1.165, 1.54) is 39.9 Å². The molecule has 9 nitrogen and oxygen atoms in total. The normalized spacial score (nSPS) is 15.8. The Bertz CT molecular complexity index is 1310. The number of hydrogen-bond donors (Lipinski definition) is 1. The van der Waals surface area contributed by atoms with Gasteiger partial charge in [0.25, 0.3) is 0 Å². The Kier molecular flexibility index (Phi) is 7.85. The zero-order valence-electron chi connectivity index (χ0n) is 19.5. The van der Waals surface area contributed by atoms with Crippen LogP contribution in [0.4, 0.5) is 5.00 Å². The zero-order chi connectivity index (χ0) is 25.3. The Balaban J connectivity index is 1.74. The molecule has 0 atom stereocenters. The predicted molar refractivity (Wildman–Crippen MR) is 129 cm³/mol. The topological polar surface area (TPSA) is 127 Å². The number of anilines is 1. The molecule has 0 saturated carbocycles. The minimum absolute atomic E-state index is 0.0751. The van der Waals surface area contributed by atoms with Gasteiger partial charge in [-0.2, -0.15) is 4.31 Å². The van der Waals surface area contributed by atoms with Gasteiger partial charge in [-0.05, 0) is 51.3 Å². The molecule has 1 aliphatic heterocycles. The van der Waals surface area contributed by atoms with Crippen molar-refractivity contribution in [2.45, 2.75) is 43.4 Å². The lowest BCUT2D eigenvalue weighted by atomic mass is 9.97. The van der Waals surface area contributed by atoms with E-state index in [2.05, 4.69) is 5.32 Å². The highest BCUT2D eigenvalue weighted by atomic mass is 32.2. The summed E-state index contributed by atoms with van der Waals surface area (Å²) in [7, 11) is -7.78. The van der Waals surface area contributed by atoms with E-state index in [-0.39, 0.29) is 48.2 Å². The summed E-state index contributed by atoms with van der Waals surface area (Å²) in [6, 6.07) is 5.51. The molecule has 1 N–H and O–H groups in total. The van der Waals surface area contributed by atoms with Gasteiger partial charge in [0.05, 0.1) is 17.1 Å².